The molecule has 0 rings (SSSR count). The minimum absolute atomic E-state index is 0.432. The first kappa shape index (κ1) is 10.8. The van der Waals surface area contributed by atoms with Gasteiger partial charge in [-0.05, 0) is 0 Å². The second kappa shape index (κ2) is 3.46. The molecule has 0 aliphatic rings. The Morgan fingerprint density at radius 2 is 1.92 bits per heavy atom. The van der Waals surface area contributed by atoms with E-state index in [4.69, 9.17) is 5.11 Å². The molecule has 0 aromatic carbocycles. The van der Waals surface area contributed by atoms with E-state index in [0.29, 0.717) is 6.92 Å². The molecule has 2 N–H and O–H groups in total. The van der Waals surface area contributed by atoms with E-state index in [2.05, 4.69) is 0 Å². The zero-order chi connectivity index (χ0) is 9.94. The fourth-order valence-electron chi connectivity index (χ4n) is 0.609. The van der Waals surface area contributed by atoms with Gasteiger partial charge in [-0.1, -0.05) is 0 Å². The monoisotopic (exact) mass is 181 g/mol. The number of carboxylic acids is 1. The first-order valence-corrected chi connectivity index (χ1v) is 3.13. The van der Waals surface area contributed by atoms with Crippen LogP contribution in [0.15, 0.2) is 0 Å². The molecule has 0 aliphatic carbocycles. The average molecular weight is 181 g/mol. The number of halogens is 2. The number of carbonyl (C=O) groups excluding carboxylic acids is 1. The minimum Gasteiger partial charge on any atom is -0.480 e. The summed E-state index contributed by atoms with van der Waals surface area (Å²) in [6.07, 6.45) is 0. The molecule has 6 heteroatoms. The van der Waals surface area contributed by atoms with E-state index in [9.17, 15) is 18.4 Å². The Balaban J connectivity index is 4.46. The van der Waals surface area contributed by atoms with Gasteiger partial charge in [0.2, 0.25) is 5.91 Å². The highest BCUT2D eigenvalue weighted by Gasteiger charge is 2.40. The summed E-state index contributed by atoms with van der Waals surface area (Å²) in [4.78, 5) is 20.5. The van der Waals surface area contributed by atoms with Crippen molar-refractivity contribution in [1.82, 2.24) is 5.32 Å². The van der Waals surface area contributed by atoms with Gasteiger partial charge < -0.3 is 10.4 Å². The first-order valence-electron chi connectivity index (χ1n) is 3.13. The van der Waals surface area contributed by atoms with Crippen LogP contribution in [-0.2, 0) is 9.59 Å². The summed E-state index contributed by atoms with van der Waals surface area (Å²) < 4.78 is 24.8. The van der Waals surface area contributed by atoms with Crippen LogP contribution >= 0.6 is 0 Å². The molecule has 0 bridgehead atoms. The molecule has 70 valence electrons. The van der Waals surface area contributed by atoms with Gasteiger partial charge in [-0.15, -0.1) is 0 Å². The molecule has 0 spiro atoms. The topological polar surface area (TPSA) is 66.4 Å². The van der Waals surface area contributed by atoms with Crippen molar-refractivity contribution in [3.05, 3.63) is 0 Å². The van der Waals surface area contributed by atoms with Crippen molar-refractivity contribution in [2.75, 3.05) is 0 Å². The van der Waals surface area contributed by atoms with Crippen molar-refractivity contribution >= 4 is 11.9 Å². The summed E-state index contributed by atoms with van der Waals surface area (Å²) in [6, 6.07) is -2.16. The molecule has 0 aromatic heterocycles. The summed E-state index contributed by atoms with van der Waals surface area (Å²) in [5.41, 5.74) is 0. The molecule has 12 heavy (non-hydrogen) atoms. The van der Waals surface area contributed by atoms with Crippen molar-refractivity contribution in [1.29, 1.82) is 0 Å². The lowest BCUT2D eigenvalue weighted by atomic mass is 10.2. The van der Waals surface area contributed by atoms with E-state index >= 15 is 0 Å². The Morgan fingerprint density at radius 1 is 1.50 bits per heavy atom. The number of alkyl halides is 2. The number of hydrogen-bond donors (Lipinski definition) is 2. The third-order valence-electron chi connectivity index (χ3n) is 1.10. The van der Waals surface area contributed by atoms with Crippen LogP contribution in [0.4, 0.5) is 8.78 Å². The standard InChI is InChI=1S/C6H9F2NO3/c1-3(10)9-4(5(11)12)6(2,7)8/h4H,1-2H3,(H,9,10)(H,11,12)/t4-/m1/s1. The lowest BCUT2D eigenvalue weighted by Gasteiger charge is -2.19. The maximum absolute atomic E-state index is 12.4. The van der Waals surface area contributed by atoms with Crippen LogP contribution in [0.3, 0.4) is 0 Å². The summed E-state index contributed by atoms with van der Waals surface area (Å²) in [7, 11) is 0. The van der Waals surface area contributed by atoms with Crippen molar-refractivity contribution in [2.45, 2.75) is 25.8 Å². The number of carboxylic acid groups (broad SMARTS) is 1. The Hall–Kier alpha value is -1.20. The molecule has 0 heterocycles. The molecule has 1 atom stereocenters. The molecule has 4 nitrogen and oxygen atoms in total. The quantitative estimate of drug-likeness (QED) is 0.655. The van der Waals surface area contributed by atoms with Gasteiger partial charge >= 0.3 is 5.97 Å². The summed E-state index contributed by atoms with van der Waals surface area (Å²) in [5, 5.41) is 9.89. The van der Waals surface area contributed by atoms with Crippen molar-refractivity contribution in [2.24, 2.45) is 0 Å². The van der Waals surface area contributed by atoms with E-state index in [1.165, 1.54) is 0 Å². The highest BCUT2D eigenvalue weighted by Crippen LogP contribution is 2.17. The third-order valence-corrected chi connectivity index (χ3v) is 1.10. The summed E-state index contributed by atoms with van der Waals surface area (Å²) >= 11 is 0. The van der Waals surface area contributed by atoms with Gasteiger partial charge in [0.05, 0.1) is 0 Å². The van der Waals surface area contributed by atoms with E-state index < -0.39 is 23.8 Å². The SMILES string of the molecule is CC(=O)N[C@H](C(=O)O)C(C)(F)F. The lowest BCUT2D eigenvalue weighted by Crippen LogP contribution is -2.50. The predicted molar refractivity (Wildman–Crippen MR) is 35.9 cm³/mol. The highest BCUT2D eigenvalue weighted by atomic mass is 19.3. The molecule has 0 radical (unpaired) electrons. The lowest BCUT2D eigenvalue weighted by molar-refractivity contribution is -0.151. The predicted octanol–water partition coefficient (Wildman–Crippen LogP) is 0.231. The van der Waals surface area contributed by atoms with E-state index in [-0.39, 0.29) is 0 Å². The molecule has 0 saturated carbocycles. The molecule has 1 amide bonds. The number of amides is 1. The Morgan fingerprint density at radius 3 is 2.00 bits per heavy atom. The number of nitrogens with one attached hydrogen (secondary N) is 1. The number of carbonyl (C=O) groups is 2. The highest BCUT2D eigenvalue weighted by molar-refractivity contribution is 5.82. The normalized spacial score (nSPS) is 13.7. The smallest absolute Gasteiger partial charge is 0.332 e. The third kappa shape index (κ3) is 3.27. The summed E-state index contributed by atoms with van der Waals surface area (Å²) in [6.45, 7) is 1.41. The second-order valence-electron chi connectivity index (χ2n) is 2.43. The zero-order valence-electron chi connectivity index (χ0n) is 6.60. The minimum atomic E-state index is -3.46. The van der Waals surface area contributed by atoms with Crippen LogP contribution in [0.1, 0.15) is 13.8 Å². The molecule has 0 aliphatic heterocycles. The fourth-order valence-corrected chi connectivity index (χ4v) is 0.609. The van der Waals surface area contributed by atoms with Gasteiger partial charge in [0.15, 0.2) is 6.04 Å². The van der Waals surface area contributed by atoms with Crippen molar-refractivity contribution < 1.29 is 23.5 Å². The zero-order valence-corrected chi connectivity index (χ0v) is 6.60. The largest absolute Gasteiger partial charge is 0.480 e. The Bertz CT molecular complexity index is 199. The maximum atomic E-state index is 12.4. The molecular weight excluding hydrogens is 172 g/mol. The van der Waals surface area contributed by atoms with Gasteiger partial charge in [-0.25, -0.2) is 13.6 Å². The number of hydrogen-bond acceptors (Lipinski definition) is 2. The van der Waals surface area contributed by atoms with Gasteiger partial charge in [-0.3, -0.25) is 4.79 Å². The van der Waals surface area contributed by atoms with E-state index in [1.54, 1.807) is 5.32 Å². The van der Waals surface area contributed by atoms with Crippen LogP contribution in [0, 0.1) is 0 Å². The van der Waals surface area contributed by atoms with Gasteiger partial charge in [0.25, 0.3) is 5.92 Å². The van der Waals surface area contributed by atoms with Crippen LogP contribution in [0.5, 0.6) is 0 Å². The molecule has 0 aromatic rings. The number of rotatable bonds is 3. The Labute approximate surface area is 67.6 Å². The van der Waals surface area contributed by atoms with Crippen molar-refractivity contribution in [3.8, 4) is 0 Å². The summed E-state index contributed by atoms with van der Waals surface area (Å²) in [5.74, 6) is -6.01. The van der Waals surface area contributed by atoms with Gasteiger partial charge in [0, 0.05) is 13.8 Å². The molecule has 0 unspecified atom stereocenters. The molecule has 0 saturated heterocycles. The van der Waals surface area contributed by atoms with E-state index in [1.807, 2.05) is 0 Å². The average Bonchev–Trinajstić information content (AvgIpc) is 1.79. The second-order valence-corrected chi connectivity index (χ2v) is 2.43. The van der Waals surface area contributed by atoms with E-state index in [0.717, 1.165) is 6.92 Å². The van der Waals surface area contributed by atoms with Gasteiger partial charge in [0.1, 0.15) is 0 Å². The number of aliphatic carboxylic acids is 1. The van der Waals surface area contributed by atoms with Crippen LogP contribution in [0.2, 0.25) is 0 Å². The van der Waals surface area contributed by atoms with Crippen LogP contribution < -0.4 is 5.32 Å². The Kier molecular flexibility index (Phi) is 3.12. The van der Waals surface area contributed by atoms with Gasteiger partial charge in [-0.2, -0.15) is 0 Å². The maximum Gasteiger partial charge on any atom is 0.332 e. The fraction of sp³-hybridized carbons (Fsp3) is 0.667. The van der Waals surface area contributed by atoms with Crippen LogP contribution in [0.25, 0.3) is 0 Å². The first-order chi connectivity index (χ1) is 5.25. The molecular formula is C6H9F2NO3. The van der Waals surface area contributed by atoms with Crippen molar-refractivity contribution in [3.63, 3.8) is 0 Å². The van der Waals surface area contributed by atoms with Crippen LogP contribution in [-0.4, -0.2) is 28.9 Å². The molecule has 0 fully saturated rings.